The smallest absolute Gasteiger partial charge is 0.0723 e. The molecular formula is C14H29NO. The number of likely N-dealkylation sites (N-methyl/N-ethyl adjacent to an activating group) is 1. The Morgan fingerprint density at radius 3 is 2.31 bits per heavy atom. The fourth-order valence-corrected chi connectivity index (χ4v) is 3.01. The summed E-state index contributed by atoms with van der Waals surface area (Å²) >= 11 is 0. The van der Waals surface area contributed by atoms with E-state index in [0.717, 1.165) is 31.6 Å². The van der Waals surface area contributed by atoms with E-state index in [1.165, 1.54) is 19.3 Å². The van der Waals surface area contributed by atoms with E-state index < -0.39 is 0 Å². The zero-order valence-electron chi connectivity index (χ0n) is 11.5. The summed E-state index contributed by atoms with van der Waals surface area (Å²) < 4.78 is 0. The third kappa shape index (κ3) is 2.98. The fourth-order valence-electron chi connectivity index (χ4n) is 3.01. The molecule has 0 saturated heterocycles. The van der Waals surface area contributed by atoms with Gasteiger partial charge in [-0.1, -0.05) is 26.7 Å². The van der Waals surface area contributed by atoms with Crippen LogP contribution in [0.25, 0.3) is 0 Å². The van der Waals surface area contributed by atoms with Gasteiger partial charge in [0.1, 0.15) is 0 Å². The van der Waals surface area contributed by atoms with Crippen molar-refractivity contribution < 1.29 is 5.11 Å². The fraction of sp³-hybridized carbons (Fsp3) is 1.00. The van der Waals surface area contributed by atoms with E-state index in [9.17, 15) is 5.11 Å². The van der Waals surface area contributed by atoms with E-state index in [-0.39, 0.29) is 11.6 Å². The second-order valence-electron chi connectivity index (χ2n) is 5.84. The van der Waals surface area contributed by atoms with Crippen molar-refractivity contribution in [1.29, 1.82) is 0 Å². The van der Waals surface area contributed by atoms with Crippen molar-refractivity contribution >= 4 is 0 Å². The van der Waals surface area contributed by atoms with Gasteiger partial charge < -0.3 is 10.0 Å². The Labute approximate surface area is 101 Å². The lowest BCUT2D eigenvalue weighted by Crippen LogP contribution is -2.55. The van der Waals surface area contributed by atoms with Crippen LogP contribution in [0.5, 0.6) is 0 Å². The summed E-state index contributed by atoms with van der Waals surface area (Å²) in [5.41, 5.74) is 0.0572. The molecule has 0 heterocycles. The molecule has 1 atom stereocenters. The number of hydrogen-bond acceptors (Lipinski definition) is 2. The number of hydrogen-bond donors (Lipinski definition) is 1. The van der Waals surface area contributed by atoms with Crippen molar-refractivity contribution in [2.24, 2.45) is 5.92 Å². The molecule has 0 aromatic carbocycles. The van der Waals surface area contributed by atoms with Crippen LogP contribution < -0.4 is 0 Å². The van der Waals surface area contributed by atoms with Crippen LogP contribution in [0.15, 0.2) is 0 Å². The molecule has 1 saturated carbocycles. The molecule has 96 valence electrons. The third-order valence-electron chi connectivity index (χ3n) is 4.48. The molecule has 1 fully saturated rings. The highest BCUT2D eigenvalue weighted by atomic mass is 16.3. The van der Waals surface area contributed by atoms with Gasteiger partial charge in [0.05, 0.1) is 6.10 Å². The zero-order valence-corrected chi connectivity index (χ0v) is 11.5. The quantitative estimate of drug-likeness (QED) is 0.780. The first-order chi connectivity index (χ1) is 7.53. The Morgan fingerprint density at radius 1 is 1.31 bits per heavy atom. The number of aliphatic hydroxyl groups is 1. The minimum Gasteiger partial charge on any atom is -0.391 e. The van der Waals surface area contributed by atoms with E-state index >= 15 is 0 Å². The van der Waals surface area contributed by atoms with Gasteiger partial charge in [0.2, 0.25) is 0 Å². The number of aliphatic hydroxyl groups excluding tert-OH is 1. The predicted molar refractivity (Wildman–Crippen MR) is 69.6 cm³/mol. The number of unbranched alkanes of at least 4 members (excludes halogenated alkanes) is 1. The lowest BCUT2D eigenvalue weighted by atomic mass is 9.72. The van der Waals surface area contributed by atoms with Gasteiger partial charge in [-0.25, -0.2) is 0 Å². The average Bonchev–Trinajstić information content (AvgIpc) is 2.26. The molecule has 1 rings (SSSR count). The molecule has 0 bridgehead atoms. The summed E-state index contributed by atoms with van der Waals surface area (Å²) in [5, 5.41) is 10.5. The van der Waals surface area contributed by atoms with Gasteiger partial charge in [-0.3, -0.25) is 0 Å². The van der Waals surface area contributed by atoms with Crippen molar-refractivity contribution in [3.63, 3.8) is 0 Å². The average molecular weight is 227 g/mol. The summed E-state index contributed by atoms with van der Waals surface area (Å²) in [6.45, 7) is 4.52. The highest BCUT2D eigenvalue weighted by Crippen LogP contribution is 2.38. The van der Waals surface area contributed by atoms with Gasteiger partial charge in [0.15, 0.2) is 0 Å². The maximum atomic E-state index is 10.5. The summed E-state index contributed by atoms with van der Waals surface area (Å²) in [4.78, 5) is 2.28. The van der Waals surface area contributed by atoms with Crippen LogP contribution in [0.3, 0.4) is 0 Å². The van der Waals surface area contributed by atoms with E-state index in [1.807, 2.05) is 0 Å². The van der Waals surface area contributed by atoms with Crippen LogP contribution >= 0.6 is 0 Å². The first kappa shape index (κ1) is 14.0. The van der Waals surface area contributed by atoms with Crippen molar-refractivity contribution in [2.75, 3.05) is 14.1 Å². The van der Waals surface area contributed by atoms with Crippen LogP contribution in [0, 0.1) is 5.92 Å². The van der Waals surface area contributed by atoms with Crippen molar-refractivity contribution in [1.82, 2.24) is 4.90 Å². The minimum atomic E-state index is -0.144. The SMILES string of the molecule is CCCCC(O)C1(N(C)C)CCC(C)CC1. The molecule has 0 aromatic heterocycles. The van der Waals surface area contributed by atoms with Gasteiger partial charge in [-0.15, -0.1) is 0 Å². The van der Waals surface area contributed by atoms with E-state index in [1.54, 1.807) is 0 Å². The first-order valence-corrected chi connectivity index (χ1v) is 6.88. The summed E-state index contributed by atoms with van der Waals surface area (Å²) in [5.74, 6) is 0.839. The Bertz CT molecular complexity index is 195. The predicted octanol–water partition coefficient (Wildman–Crippen LogP) is 3.05. The van der Waals surface area contributed by atoms with Crippen LogP contribution in [0.1, 0.15) is 58.8 Å². The molecule has 2 nitrogen and oxygen atoms in total. The Balaban J connectivity index is 2.65. The largest absolute Gasteiger partial charge is 0.391 e. The second-order valence-corrected chi connectivity index (χ2v) is 5.84. The van der Waals surface area contributed by atoms with Crippen LogP contribution in [-0.2, 0) is 0 Å². The Hall–Kier alpha value is -0.0800. The van der Waals surface area contributed by atoms with Crippen molar-refractivity contribution in [3.05, 3.63) is 0 Å². The maximum absolute atomic E-state index is 10.5. The molecular weight excluding hydrogens is 198 g/mol. The highest BCUT2D eigenvalue weighted by molar-refractivity contribution is 4.97. The molecule has 1 aliphatic rings. The molecule has 2 heteroatoms. The Kier molecular flexibility index (Phi) is 5.26. The Morgan fingerprint density at radius 2 is 1.88 bits per heavy atom. The van der Waals surface area contributed by atoms with Gasteiger partial charge in [0.25, 0.3) is 0 Å². The monoisotopic (exact) mass is 227 g/mol. The molecule has 16 heavy (non-hydrogen) atoms. The highest BCUT2D eigenvalue weighted by Gasteiger charge is 2.41. The molecule has 0 aliphatic heterocycles. The van der Waals surface area contributed by atoms with E-state index in [0.29, 0.717) is 0 Å². The lowest BCUT2D eigenvalue weighted by Gasteiger charge is -2.47. The van der Waals surface area contributed by atoms with Gasteiger partial charge in [-0.2, -0.15) is 0 Å². The van der Waals surface area contributed by atoms with E-state index in [4.69, 9.17) is 0 Å². The van der Waals surface area contributed by atoms with Crippen LogP contribution in [0.4, 0.5) is 0 Å². The number of nitrogens with zero attached hydrogens (tertiary/aromatic N) is 1. The van der Waals surface area contributed by atoms with Gasteiger partial charge >= 0.3 is 0 Å². The molecule has 0 amide bonds. The normalized spacial score (nSPS) is 33.0. The van der Waals surface area contributed by atoms with Crippen LogP contribution in [0.2, 0.25) is 0 Å². The van der Waals surface area contributed by atoms with Crippen molar-refractivity contribution in [3.8, 4) is 0 Å². The maximum Gasteiger partial charge on any atom is 0.0723 e. The van der Waals surface area contributed by atoms with Crippen molar-refractivity contribution in [2.45, 2.75) is 70.4 Å². The lowest BCUT2D eigenvalue weighted by molar-refractivity contribution is -0.0433. The zero-order chi connectivity index (χ0) is 12.2. The minimum absolute atomic E-state index is 0.0572. The molecule has 1 aliphatic carbocycles. The van der Waals surface area contributed by atoms with Gasteiger partial charge in [-0.05, 0) is 52.1 Å². The number of rotatable bonds is 5. The third-order valence-corrected chi connectivity index (χ3v) is 4.48. The van der Waals surface area contributed by atoms with E-state index in [2.05, 4.69) is 32.8 Å². The topological polar surface area (TPSA) is 23.5 Å². The first-order valence-electron chi connectivity index (χ1n) is 6.88. The summed E-state index contributed by atoms with van der Waals surface area (Å²) in [6.07, 6.45) is 7.99. The molecule has 1 unspecified atom stereocenters. The summed E-state index contributed by atoms with van der Waals surface area (Å²) in [6, 6.07) is 0. The summed E-state index contributed by atoms with van der Waals surface area (Å²) in [7, 11) is 4.26. The second kappa shape index (κ2) is 6.02. The molecule has 0 aromatic rings. The standard InChI is InChI=1S/C14H29NO/c1-5-6-7-13(16)14(15(3)4)10-8-12(2)9-11-14/h12-13,16H,5-11H2,1-4H3. The molecule has 1 N–H and O–H groups in total. The molecule has 0 spiro atoms. The molecule has 0 radical (unpaired) electrons. The van der Waals surface area contributed by atoms with Gasteiger partial charge in [0, 0.05) is 5.54 Å². The van der Waals surface area contributed by atoms with Crippen LogP contribution in [-0.4, -0.2) is 35.7 Å².